The number of nitrogens with zero attached hydrogens (tertiary/aromatic N) is 7. The summed E-state index contributed by atoms with van der Waals surface area (Å²) >= 11 is 1.57. The number of H-pyrrole nitrogens is 1. The van der Waals surface area contributed by atoms with Crippen LogP contribution in [0.3, 0.4) is 0 Å². The van der Waals surface area contributed by atoms with Gasteiger partial charge in [0.1, 0.15) is 18.6 Å². The summed E-state index contributed by atoms with van der Waals surface area (Å²) in [5.41, 5.74) is 6.94. The maximum Gasteiger partial charge on any atom is 0.416 e. The van der Waals surface area contributed by atoms with E-state index in [0.29, 0.717) is 34.3 Å². The number of alkyl halides is 3. The van der Waals surface area contributed by atoms with Crippen molar-refractivity contribution in [1.29, 1.82) is 0 Å². The van der Waals surface area contributed by atoms with Crippen LogP contribution in [0.5, 0.6) is 0 Å². The molecule has 6 N–H and O–H groups in total. The lowest BCUT2D eigenvalue weighted by Gasteiger charge is -2.36. The van der Waals surface area contributed by atoms with Gasteiger partial charge in [-0.05, 0) is 109 Å². The summed E-state index contributed by atoms with van der Waals surface area (Å²) in [5.74, 6) is -1.46. The molecule has 0 radical (unpaired) electrons. The number of aliphatic hydroxyl groups excluding tert-OH is 1. The second-order valence-corrected chi connectivity index (χ2v) is 22.8. The highest BCUT2D eigenvalue weighted by molar-refractivity contribution is 7.13. The van der Waals surface area contributed by atoms with Gasteiger partial charge < -0.3 is 36.2 Å². The fraction of sp³-hybridized carbons (Fsp3) is 0.390. The third-order valence-corrected chi connectivity index (χ3v) is 15.8. The van der Waals surface area contributed by atoms with Gasteiger partial charge in [-0.2, -0.15) is 23.4 Å². The van der Waals surface area contributed by atoms with Gasteiger partial charge >= 0.3 is 6.18 Å². The van der Waals surface area contributed by atoms with Gasteiger partial charge in [-0.15, -0.1) is 11.3 Å². The van der Waals surface area contributed by atoms with Crippen LogP contribution in [0.15, 0.2) is 103 Å². The summed E-state index contributed by atoms with van der Waals surface area (Å²) in [4.78, 5) is 78.6. The number of unbranched alkanes of at least 4 members (excludes halogenated alkanes) is 2. The molecule has 0 spiro atoms. The summed E-state index contributed by atoms with van der Waals surface area (Å²) < 4.78 is 41.5. The number of hydrogen-bond donors (Lipinski definition) is 6. The first-order chi connectivity index (χ1) is 38.7. The number of β-amino-alcohol motifs (C(OH)–C–C–N with tert-alkyl or cyclic N) is 1. The van der Waals surface area contributed by atoms with E-state index in [4.69, 9.17) is 0 Å². The molecular weight excluding hydrogens is 1060 g/mol. The molecule has 3 atom stereocenters. The number of thiazole rings is 1. The topological polar surface area (TPSA) is 223 Å². The zero-order chi connectivity index (χ0) is 57.6. The number of nitrogens with one attached hydrogen (secondary N) is 5. The van der Waals surface area contributed by atoms with E-state index in [-0.39, 0.29) is 67.4 Å². The lowest BCUT2D eigenvalue weighted by Crippen LogP contribution is -2.57. The molecule has 0 bridgehead atoms. The number of rotatable bonds is 19. The summed E-state index contributed by atoms with van der Waals surface area (Å²) in [5, 5.41) is 34.2. The molecule has 2 fully saturated rings. The predicted octanol–water partition coefficient (Wildman–Crippen LogP) is 8.57. The first kappa shape index (κ1) is 57.7. The summed E-state index contributed by atoms with van der Waals surface area (Å²) in [6, 6.07) is 22.7. The van der Waals surface area contributed by atoms with Crippen molar-refractivity contribution >= 4 is 69.0 Å². The molecular formula is C59H67F3N12O6S. The van der Waals surface area contributed by atoms with E-state index < -0.39 is 41.2 Å². The van der Waals surface area contributed by atoms with E-state index in [2.05, 4.69) is 51.3 Å². The number of anilines is 3. The molecule has 4 aromatic carbocycles. The molecule has 0 aliphatic carbocycles. The van der Waals surface area contributed by atoms with E-state index in [0.717, 1.165) is 84.6 Å². The fourth-order valence-electron chi connectivity index (χ4n) is 10.3. The Morgan fingerprint density at radius 2 is 1.58 bits per heavy atom. The molecule has 5 amide bonds. The molecule has 2 saturated heterocycles. The number of amides is 5. The van der Waals surface area contributed by atoms with E-state index >= 15 is 0 Å². The maximum absolute atomic E-state index is 14.1. The smallest absolute Gasteiger partial charge is 0.391 e. The highest BCUT2D eigenvalue weighted by Crippen LogP contribution is 2.34. The molecule has 9 rings (SSSR count). The van der Waals surface area contributed by atoms with Crippen LogP contribution < -0.4 is 26.2 Å². The van der Waals surface area contributed by atoms with Crippen LogP contribution in [0, 0.1) is 19.3 Å². The number of fused-ring (bicyclic) bond motifs is 1. The van der Waals surface area contributed by atoms with Crippen molar-refractivity contribution in [2.24, 2.45) is 5.41 Å². The Balaban J connectivity index is 0.677. The largest absolute Gasteiger partial charge is 0.416 e. The molecule has 81 heavy (non-hydrogen) atoms. The number of carbonyl (C=O) groups is 5. The van der Waals surface area contributed by atoms with Crippen molar-refractivity contribution in [2.45, 2.75) is 104 Å². The quantitative estimate of drug-likeness (QED) is 0.0421. The van der Waals surface area contributed by atoms with E-state index in [1.165, 1.54) is 28.6 Å². The number of aromatic amines is 1. The minimum absolute atomic E-state index is 0.00844. The van der Waals surface area contributed by atoms with Crippen LogP contribution in [-0.2, 0) is 38.4 Å². The average Bonchev–Trinajstić information content (AvgIpc) is 4.44. The van der Waals surface area contributed by atoms with Crippen molar-refractivity contribution in [2.75, 3.05) is 54.8 Å². The second kappa shape index (κ2) is 24.8. The van der Waals surface area contributed by atoms with Gasteiger partial charge in [-0.1, -0.05) is 63.6 Å². The van der Waals surface area contributed by atoms with Crippen molar-refractivity contribution < 1.29 is 42.3 Å². The minimum atomic E-state index is -4.54. The van der Waals surface area contributed by atoms with E-state index in [1.807, 2.05) is 87.8 Å². The number of likely N-dealkylation sites (tertiary alicyclic amines) is 1. The fourth-order valence-corrected chi connectivity index (χ4v) is 11.1. The van der Waals surface area contributed by atoms with Crippen LogP contribution in [0.2, 0.25) is 0 Å². The molecule has 0 saturated carbocycles. The Bertz CT molecular complexity index is 3380. The monoisotopic (exact) mass is 1130 g/mol. The molecule has 18 nitrogen and oxygen atoms in total. The number of carbonyl (C=O) groups excluding carboxylic acids is 5. The summed E-state index contributed by atoms with van der Waals surface area (Å²) in [7, 11) is 0. The van der Waals surface area contributed by atoms with Crippen molar-refractivity contribution in [3.8, 4) is 21.6 Å². The SMILES string of the molecule is Cc1ccc(NC(=O)Cn2cc(-c3ccc4c(NC(=O)c5ccc(N6CCN(CCCCCC(=O)N[C@H](C(=O)N7C[C@H](O)C[C@H]7C(=O)NCc7ccc(-c8scnc8C)cc7)C(C)(C)C)CC6)cc5)n[nH]c4c3)cn2)cc1C(F)(F)F. The van der Waals surface area contributed by atoms with Gasteiger partial charge in [-0.3, -0.25) is 38.7 Å². The number of halogens is 3. The zero-order valence-corrected chi connectivity index (χ0v) is 46.7. The third kappa shape index (κ3) is 14.3. The molecule has 2 aliphatic heterocycles. The number of piperazine rings is 1. The standard InChI is InChI=1S/C59H67F3N12O6S/c1-36-10-18-43(28-47(36)59(60,61)62)66-51(77)34-73-32-42(31-65-73)41-17-21-46-48(27-41)69-70-54(46)68-55(78)40-15-19-44(20-16-40)72-25-23-71(24-26-72)22-8-6-7-9-50(76)67-53(58(3,4)5)57(80)74-33-45(75)29-49(74)56(79)63-30-38-11-13-39(14-12-38)52-37(2)64-35-81-52/h10-21,27-28,31-32,35,45,49,53,75H,6-9,22-26,29-30,33-34H2,1-5H3,(H,63,79)(H,66,77)(H,67,76)(H2,68,69,70,78)/t45-,49+,53-/m1/s1. The maximum atomic E-state index is 14.1. The first-order valence-corrected chi connectivity index (χ1v) is 28.0. The summed E-state index contributed by atoms with van der Waals surface area (Å²) in [6.45, 7) is 13.3. The average molecular weight is 1130 g/mol. The Kier molecular flexibility index (Phi) is 17.7. The predicted molar refractivity (Wildman–Crippen MR) is 305 cm³/mol. The van der Waals surface area contributed by atoms with Crippen molar-refractivity contribution in [3.63, 3.8) is 0 Å². The molecule has 7 aromatic rings. The van der Waals surface area contributed by atoms with Crippen molar-refractivity contribution in [1.82, 2.24) is 45.4 Å². The highest BCUT2D eigenvalue weighted by Gasteiger charge is 2.44. The van der Waals surface area contributed by atoms with Gasteiger partial charge in [0.2, 0.25) is 23.6 Å². The van der Waals surface area contributed by atoms with Crippen LogP contribution >= 0.6 is 11.3 Å². The third-order valence-electron chi connectivity index (χ3n) is 14.9. The van der Waals surface area contributed by atoms with Crippen LogP contribution in [-0.4, -0.2) is 127 Å². The van der Waals surface area contributed by atoms with Gasteiger partial charge in [0, 0.05) is 86.2 Å². The van der Waals surface area contributed by atoms with Crippen molar-refractivity contribution in [3.05, 3.63) is 131 Å². The van der Waals surface area contributed by atoms with Crippen LogP contribution in [0.25, 0.3) is 32.5 Å². The van der Waals surface area contributed by atoms with E-state index in [1.54, 1.807) is 35.9 Å². The molecule has 3 aromatic heterocycles. The summed E-state index contributed by atoms with van der Waals surface area (Å²) in [6.07, 6.45) is 0.617. The lowest BCUT2D eigenvalue weighted by molar-refractivity contribution is -0.144. The Morgan fingerprint density at radius 1 is 0.840 bits per heavy atom. The molecule has 22 heteroatoms. The number of aryl methyl sites for hydroxylation is 2. The van der Waals surface area contributed by atoms with E-state index in [9.17, 15) is 42.3 Å². The molecule has 426 valence electrons. The van der Waals surface area contributed by atoms with Gasteiger partial charge in [0.05, 0.1) is 39.5 Å². The van der Waals surface area contributed by atoms with Gasteiger partial charge in [0.15, 0.2) is 5.82 Å². The van der Waals surface area contributed by atoms with Gasteiger partial charge in [-0.25, -0.2) is 4.98 Å². The highest BCUT2D eigenvalue weighted by atomic mass is 32.1. The Morgan fingerprint density at radius 3 is 2.28 bits per heavy atom. The Labute approximate surface area is 471 Å². The minimum Gasteiger partial charge on any atom is -0.391 e. The number of aromatic nitrogens is 5. The number of benzene rings is 4. The molecule has 2 aliphatic rings. The Hall–Kier alpha value is -7.95. The zero-order valence-electron chi connectivity index (χ0n) is 45.9. The van der Waals surface area contributed by atoms with Gasteiger partial charge in [0.25, 0.3) is 5.91 Å². The normalized spacial score (nSPS) is 16.4. The molecule has 5 heterocycles. The lowest BCUT2D eigenvalue weighted by atomic mass is 9.85. The second-order valence-electron chi connectivity index (χ2n) is 21.9. The molecule has 0 unspecified atom stereocenters. The number of aliphatic hydroxyl groups is 1. The number of hydrogen-bond acceptors (Lipinski definition) is 12. The van der Waals surface area contributed by atoms with Crippen LogP contribution in [0.1, 0.15) is 85.6 Å². The first-order valence-electron chi connectivity index (χ1n) is 27.1. The van der Waals surface area contributed by atoms with Crippen LogP contribution in [0.4, 0.5) is 30.4 Å².